The van der Waals surface area contributed by atoms with E-state index >= 15 is 0 Å². The van der Waals surface area contributed by atoms with Gasteiger partial charge in [-0.1, -0.05) is 13.8 Å². The first-order valence-corrected chi connectivity index (χ1v) is 9.31. The van der Waals surface area contributed by atoms with Crippen molar-refractivity contribution in [3.8, 4) is 17.0 Å². The van der Waals surface area contributed by atoms with E-state index in [1.165, 1.54) is 0 Å². The van der Waals surface area contributed by atoms with Gasteiger partial charge in [0.15, 0.2) is 10.7 Å². The van der Waals surface area contributed by atoms with Crippen molar-refractivity contribution in [2.45, 2.75) is 46.6 Å². The van der Waals surface area contributed by atoms with Crippen molar-refractivity contribution in [1.82, 2.24) is 9.38 Å². The average Bonchev–Trinajstić information content (AvgIpc) is 3.09. The summed E-state index contributed by atoms with van der Waals surface area (Å²) >= 11 is 1.56. The van der Waals surface area contributed by atoms with E-state index in [1.807, 2.05) is 45.0 Å². The summed E-state index contributed by atoms with van der Waals surface area (Å²) in [6.45, 7) is 7.98. The highest BCUT2D eigenvalue weighted by Crippen LogP contribution is 2.35. The third-order valence-corrected chi connectivity index (χ3v) is 5.16. The number of nitrogens with zero attached hydrogens (tertiary/aromatic N) is 2. The van der Waals surface area contributed by atoms with E-state index in [-0.39, 0.29) is 11.8 Å². The summed E-state index contributed by atoms with van der Waals surface area (Å²) in [4.78, 5) is 18.2. The molecule has 0 aliphatic carbocycles. The van der Waals surface area contributed by atoms with Crippen molar-refractivity contribution in [2.75, 3.05) is 0 Å². The zero-order valence-electron chi connectivity index (χ0n) is 14.9. The molecule has 2 aromatic heterocycles. The second-order valence-electron chi connectivity index (χ2n) is 6.10. The number of ether oxygens (including phenoxy) is 1. The molecule has 0 atom stereocenters. The minimum Gasteiger partial charge on any atom is -0.491 e. The Balaban J connectivity index is 2.20. The molecule has 0 saturated heterocycles. The number of aryl methyl sites for hydroxylation is 2. The van der Waals surface area contributed by atoms with Crippen LogP contribution >= 0.6 is 11.3 Å². The lowest BCUT2D eigenvalue weighted by molar-refractivity contribution is 0.0688. The number of thiazole rings is 1. The third-order valence-electron chi connectivity index (χ3n) is 3.98. The van der Waals surface area contributed by atoms with Crippen LogP contribution in [0.5, 0.6) is 5.75 Å². The largest absolute Gasteiger partial charge is 0.491 e. The second kappa shape index (κ2) is 6.88. The molecule has 0 radical (unpaired) electrons. The molecular formula is C19H22N2O3S. The Morgan fingerprint density at radius 1 is 1.24 bits per heavy atom. The number of carbonyl (C=O) groups is 1. The number of imidazole rings is 1. The van der Waals surface area contributed by atoms with E-state index in [0.29, 0.717) is 12.1 Å². The van der Waals surface area contributed by atoms with Crippen LogP contribution in [0, 0.1) is 0 Å². The molecule has 2 heterocycles. The average molecular weight is 358 g/mol. The Bertz CT molecular complexity index is 907. The molecule has 0 saturated carbocycles. The van der Waals surface area contributed by atoms with Crippen molar-refractivity contribution in [1.29, 1.82) is 0 Å². The lowest BCUT2D eigenvalue weighted by Gasteiger charge is -2.11. The van der Waals surface area contributed by atoms with Crippen LogP contribution in [0.15, 0.2) is 24.3 Å². The lowest BCUT2D eigenvalue weighted by Crippen LogP contribution is -2.07. The maximum absolute atomic E-state index is 11.8. The third kappa shape index (κ3) is 3.14. The summed E-state index contributed by atoms with van der Waals surface area (Å²) in [5.41, 5.74) is 2.79. The maximum atomic E-state index is 11.8. The number of hydrogen-bond donors (Lipinski definition) is 1. The predicted molar refractivity (Wildman–Crippen MR) is 100.0 cm³/mol. The highest BCUT2D eigenvalue weighted by Gasteiger charge is 2.24. The minimum absolute atomic E-state index is 0.115. The quantitative estimate of drug-likeness (QED) is 0.695. The molecule has 0 aliphatic rings. The van der Waals surface area contributed by atoms with Crippen LogP contribution in [-0.2, 0) is 12.8 Å². The van der Waals surface area contributed by atoms with E-state index < -0.39 is 5.97 Å². The molecule has 6 heteroatoms. The van der Waals surface area contributed by atoms with Gasteiger partial charge in [-0.3, -0.25) is 4.40 Å². The van der Waals surface area contributed by atoms with Crippen molar-refractivity contribution in [2.24, 2.45) is 0 Å². The van der Waals surface area contributed by atoms with Gasteiger partial charge in [-0.25, -0.2) is 9.78 Å². The molecule has 0 fully saturated rings. The molecule has 5 nitrogen and oxygen atoms in total. The zero-order chi connectivity index (χ0) is 18.1. The molecule has 25 heavy (non-hydrogen) atoms. The minimum atomic E-state index is -0.939. The van der Waals surface area contributed by atoms with Crippen LogP contribution < -0.4 is 4.74 Å². The number of benzene rings is 1. The molecule has 0 spiro atoms. The Morgan fingerprint density at radius 3 is 2.44 bits per heavy atom. The van der Waals surface area contributed by atoms with Gasteiger partial charge in [0.1, 0.15) is 5.75 Å². The SMILES string of the molecule is CCc1nc2sc(CC)c(-c3ccc(OC(C)C)cc3)n2c1C(=O)O. The summed E-state index contributed by atoms with van der Waals surface area (Å²) in [7, 11) is 0. The van der Waals surface area contributed by atoms with Crippen LogP contribution in [0.4, 0.5) is 0 Å². The van der Waals surface area contributed by atoms with Gasteiger partial charge >= 0.3 is 5.97 Å². The van der Waals surface area contributed by atoms with Gasteiger partial charge in [0.25, 0.3) is 0 Å². The van der Waals surface area contributed by atoms with Crippen molar-refractivity contribution in [3.63, 3.8) is 0 Å². The molecule has 3 rings (SSSR count). The molecule has 1 N–H and O–H groups in total. The molecule has 0 bridgehead atoms. The first-order chi connectivity index (χ1) is 12.0. The molecule has 0 aliphatic heterocycles. The number of rotatable bonds is 6. The van der Waals surface area contributed by atoms with Crippen molar-refractivity contribution >= 4 is 22.3 Å². The predicted octanol–water partition coefficient (Wildman–Crippen LogP) is 4.67. The first kappa shape index (κ1) is 17.5. The van der Waals surface area contributed by atoms with Crippen LogP contribution in [0.3, 0.4) is 0 Å². The summed E-state index contributed by atoms with van der Waals surface area (Å²) in [6, 6.07) is 7.82. The number of carboxylic acid groups (broad SMARTS) is 1. The first-order valence-electron chi connectivity index (χ1n) is 8.49. The van der Waals surface area contributed by atoms with E-state index in [0.717, 1.165) is 33.3 Å². The molecule has 0 unspecified atom stereocenters. The smallest absolute Gasteiger partial charge is 0.354 e. The Morgan fingerprint density at radius 2 is 1.92 bits per heavy atom. The summed E-state index contributed by atoms with van der Waals surface area (Å²) in [6.07, 6.45) is 1.54. The fourth-order valence-electron chi connectivity index (χ4n) is 2.96. The topological polar surface area (TPSA) is 63.8 Å². The number of aromatic carboxylic acids is 1. The van der Waals surface area contributed by atoms with Crippen LogP contribution in [0.2, 0.25) is 0 Å². The van der Waals surface area contributed by atoms with Gasteiger partial charge in [-0.05, 0) is 56.5 Å². The highest BCUT2D eigenvalue weighted by atomic mass is 32.1. The summed E-state index contributed by atoms with van der Waals surface area (Å²) in [5, 5.41) is 9.70. The van der Waals surface area contributed by atoms with Crippen LogP contribution in [0.25, 0.3) is 16.2 Å². The molecule has 1 aromatic carbocycles. The number of carboxylic acids is 1. The standard InChI is InChI=1S/C19H22N2O3S/c1-5-14-17(18(22)23)21-16(15(6-2)25-19(21)20-14)12-7-9-13(10-8-12)24-11(3)4/h7-11H,5-6H2,1-4H3,(H,22,23). The molecular weight excluding hydrogens is 336 g/mol. The number of fused-ring (bicyclic) bond motifs is 1. The lowest BCUT2D eigenvalue weighted by atomic mass is 10.1. The van der Waals surface area contributed by atoms with E-state index in [4.69, 9.17) is 4.74 Å². The monoisotopic (exact) mass is 358 g/mol. The normalized spacial score (nSPS) is 11.4. The Kier molecular flexibility index (Phi) is 4.81. The van der Waals surface area contributed by atoms with Gasteiger partial charge < -0.3 is 9.84 Å². The molecule has 3 aromatic rings. The number of aromatic nitrogens is 2. The van der Waals surface area contributed by atoms with Gasteiger partial charge in [0.2, 0.25) is 0 Å². The van der Waals surface area contributed by atoms with E-state index in [1.54, 1.807) is 15.7 Å². The van der Waals surface area contributed by atoms with Crippen LogP contribution in [0.1, 0.15) is 48.8 Å². The zero-order valence-corrected chi connectivity index (χ0v) is 15.7. The van der Waals surface area contributed by atoms with Crippen molar-refractivity contribution in [3.05, 3.63) is 40.5 Å². The second-order valence-corrected chi connectivity index (χ2v) is 7.16. The van der Waals surface area contributed by atoms with Crippen LogP contribution in [-0.4, -0.2) is 26.6 Å². The maximum Gasteiger partial charge on any atom is 0.354 e. The van der Waals surface area contributed by atoms with Gasteiger partial charge in [-0.15, -0.1) is 11.3 Å². The van der Waals surface area contributed by atoms with Gasteiger partial charge in [-0.2, -0.15) is 0 Å². The molecule has 0 amide bonds. The Labute approximate surface area is 150 Å². The fraction of sp³-hybridized carbons (Fsp3) is 0.368. The number of hydrogen-bond acceptors (Lipinski definition) is 4. The summed E-state index contributed by atoms with van der Waals surface area (Å²) in [5.74, 6) is -0.132. The Hall–Kier alpha value is -2.34. The van der Waals surface area contributed by atoms with Crippen molar-refractivity contribution < 1.29 is 14.6 Å². The molecule has 132 valence electrons. The van der Waals surface area contributed by atoms with E-state index in [9.17, 15) is 9.90 Å². The van der Waals surface area contributed by atoms with Gasteiger partial charge in [0, 0.05) is 4.88 Å². The van der Waals surface area contributed by atoms with E-state index in [2.05, 4.69) is 11.9 Å². The fourth-order valence-corrected chi connectivity index (χ4v) is 4.06. The summed E-state index contributed by atoms with van der Waals surface area (Å²) < 4.78 is 7.50. The van der Waals surface area contributed by atoms with Gasteiger partial charge in [0.05, 0.1) is 17.5 Å². The highest BCUT2D eigenvalue weighted by molar-refractivity contribution is 7.17.